The molecule has 2 aliphatic heterocycles. The van der Waals surface area contributed by atoms with Crippen molar-refractivity contribution >= 4 is 26.0 Å². The lowest BCUT2D eigenvalue weighted by molar-refractivity contribution is 0.148. The van der Waals surface area contributed by atoms with Crippen LogP contribution in [0.1, 0.15) is 12.8 Å². The van der Waals surface area contributed by atoms with Gasteiger partial charge in [0.25, 0.3) is 10.0 Å². The standard InChI is InChI=1S/C13H18BrN3O2S/c14-12-1-2-13(16-8-12)20(18,19)17-6-4-10-3-5-15-7-11(10)9-17/h1-2,8,10-11,15H,3-7,9H2. The molecule has 7 heteroatoms. The van der Waals surface area contributed by atoms with Crippen LogP contribution in [0, 0.1) is 11.8 Å². The molecule has 0 saturated carbocycles. The molecule has 0 aliphatic carbocycles. The maximum absolute atomic E-state index is 12.6. The molecule has 1 aromatic heterocycles. The fourth-order valence-electron chi connectivity index (χ4n) is 3.10. The molecule has 2 unspecified atom stereocenters. The summed E-state index contributed by atoms with van der Waals surface area (Å²) in [7, 11) is -3.46. The van der Waals surface area contributed by atoms with Crippen molar-refractivity contribution in [2.75, 3.05) is 26.2 Å². The Hall–Kier alpha value is -0.500. The van der Waals surface area contributed by atoms with E-state index in [0.29, 0.717) is 24.9 Å². The summed E-state index contributed by atoms with van der Waals surface area (Å²) in [5, 5.41) is 3.50. The van der Waals surface area contributed by atoms with Crippen LogP contribution in [0.2, 0.25) is 0 Å². The molecule has 0 amide bonds. The molecule has 2 fully saturated rings. The first kappa shape index (κ1) is 14.4. The number of fused-ring (bicyclic) bond motifs is 1. The molecule has 1 aromatic rings. The molecule has 2 aliphatic rings. The topological polar surface area (TPSA) is 62.3 Å². The van der Waals surface area contributed by atoms with Crippen LogP contribution in [-0.2, 0) is 10.0 Å². The number of aromatic nitrogens is 1. The summed E-state index contributed by atoms with van der Waals surface area (Å²) in [6.45, 7) is 3.20. The highest BCUT2D eigenvalue weighted by Crippen LogP contribution is 2.31. The third kappa shape index (κ3) is 2.77. The van der Waals surface area contributed by atoms with E-state index in [4.69, 9.17) is 0 Å². The Morgan fingerprint density at radius 1 is 1.30 bits per heavy atom. The first-order chi connectivity index (χ1) is 9.57. The number of piperidine rings is 2. The van der Waals surface area contributed by atoms with Gasteiger partial charge >= 0.3 is 0 Å². The highest BCUT2D eigenvalue weighted by molar-refractivity contribution is 9.10. The molecule has 0 aromatic carbocycles. The molecule has 2 saturated heterocycles. The number of rotatable bonds is 2. The Morgan fingerprint density at radius 3 is 2.90 bits per heavy atom. The minimum absolute atomic E-state index is 0.142. The zero-order chi connectivity index (χ0) is 14.2. The van der Waals surface area contributed by atoms with Crippen molar-refractivity contribution in [3.05, 3.63) is 22.8 Å². The lowest BCUT2D eigenvalue weighted by atomic mass is 9.82. The fraction of sp³-hybridized carbons (Fsp3) is 0.615. The average Bonchev–Trinajstić information content (AvgIpc) is 2.47. The van der Waals surface area contributed by atoms with E-state index in [2.05, 4.69) is 26.2 Å². The van der Waals surface area contributed by atoms with E-state index >= 15 is 0 Å². The molecule has 0 spiro atoms. The van der Waals surface area contributed by atoms with Gasteiger partial charge in [-0.05, 0) is 65.8 Å². The van der Waals surface area contributed by atoms with Gasteiger partial charge in [-0.15, -0.1) is 0 Å². The van der Waals surface area contributed by atoms with E-state index in [-0.39, 0.29) is 5.03 Å². The number of pyridine rings is 1. The Morgan fingerprint density at radius 2 is 2.15 bits per heavy atom. The normalized spacial score (nSPS) is 28.1. The first-order valence-electron chi connectivity index (χ1n) is 6.90. The smallest absolute Gasteiger partial charge is 0.260 e. The van der Waals surface area contributed by atoms with Crippen molar-refractivity contribution in [1.82, 2.24) is 14.6 Å². The highest BCUT2D eigenvalue weighted by atomic mass is 79.9. The molecular weight excluding hydrogens is 342 g/mol. The van der Waals surface area contributed by atoms with Crippen molar-refractivity contribution in [2.45, 2.75) is 17.9 Å². The Labute approximate surface area is 127 Å². The molecular formula is C13H18BrN3O2S. The highest BCUT2D eigenvalue weighted by Gasteiger charge is 2.36. The van der Waals surface area contributed by atoms with E-state index in [1.54, 1.807) is 16.4 Å². The van der Waals surface area contributed by atoms with Gasteiger partial charge in [0, 0.05) is 23.8 Å². The van der Waals surface area contributed by atoms with E-state index in [0.717, 1.165) is 30.4 Å². The Bertz CT molecular complexity index is 576. The summed E-state index contributed by atoms with van der Waals surface area (Å²) in [4.78, 5) is 4.04. The van der Waals surface area contributed by atoms with Crippen LogP contribution < -0.4 is 5.32 Å². The summed E-state index contributed by atoms with van der Waals surface area (Å²) in [6, 6.07) is 3.28. The van der Waals surface area contributed by atoms with Gasteiger partial charge in [-0.2, -0.15) is 4.31 Å². The minimum atomic E-state index is -3.46. The van der Waals surface area contributed by atoms with Gasteiger partial charge in [0.2, 0.25) is 0 Å². The lowest BCUT2D eigenvalue weighted by Gasteiger charge is -2.40. The molecule has 3 heterocycles. The molecule has 0 radical (unpaired) electrons. The van der Waals surface area contributed by atoms with Gasteiger partial charge < -0.3 is 5.32 Å². The molecule has 5 nitrogen and oxygen atoms in total. The maximum Gasteiger partial charge on any atom is 0.260 e. The summed E-state index contributed by atoms with van der Waals surface area (Å²) in [5.74, 6) is 1.10. The summed E-state index contributed by atoms with van der Waals surface area (Å²) in [5.41, 5.74) is 0. The van der Waals surface area contributed by atoms with Crippen LogP contribution in [0.4, 0.5) is 0 Å². The SMILES string of the molecule is O=S(=O)(c1ccc(Br)cn1)N1CCC2CCNCC2C1. The molecule has 20 heavy (non-hydrogen) atoms. The fourth-order valence-corrected chi connectivity index (χ4v) is 4.76. The van der Waals surface area contributed by atoms with Crippen LogP contribution in [-0.4, -0.2) is 43.9 Å². The van der Waals surface area contributed by atoms with Crippen molar-refractivity contribution in [3.63, 3.8) is 0 Å². The van der Waals surface area contributed by atoms with E-state index in [1.807, 2.05) is 0 Å². The van der Waals surface area contributed by atoms with E-state index in [9.17, 15) is 8.42 Å². The second-order valence-electron chi connectivity index (χ2n) is 5.48. The summed E-state index contributed by atoms with van der Waals surface area (Å²) in [6.07, 6.45) is 3.65. The number of nitrogens with zero attached hydrogens (tertiary/aromatic N) is 2. The lowest BCUT2D eigenvalue weighted by Crippen LogP contribution is -2.50. The second kappa shape index (κ2) is 5.71. The van der Waals surface area contributed by atoms with Crippen LogP contribution in [0.5, 0.6) is 0 Å². The van der Waals surface area contributed by atoms with Crippen molar-refractivity contribution in [1.29, 1.82) is 0 Å². The van der Waals surface area contributed by atoms with Gasteiger partial charge in [-0.1, -0.05) is 0 Å². The van der Waals surface area contributed by atoms with E-state index < -0.39 is 10.0 Å². The van der Waals surface area contributed by atoms with Gasteiger partial charge in [-0.3, -0.25) is 0 Å². The zero-order valence-corrected chi connectivity index (χ0v) is 13.5. The molecule has 3 rings (SSSR count). The predicted molar refractivity (Wildman–Crippen MR) is 79.8 cm³/mol. The van der Waals surface area contributed by atoms with Crippen LogP contribution in [0.25, 0.3) is 0 Å². The van der Waals surface area contributed by atoms with Crippen LogP contribution in [0.3, 0.4) is 0 Å². The predicted octanol–water partition coefficient (Wildman–Crippen LogP) is 1.46. The van der Waals surface area contributed by atoms with Crippen molar-refractivity contribution in [3.8, 4) is 0 Å². The van der Waals surface area contributed by atoms with Crippen LogP contribution >= 0.6 is 15.9 Å². The minimum Gasteiger partial charge on any atom is -0.316 e. The number of sulfonamides is 1. The number of hydrogen-bond donors (Lipinski definition) is 1. The average molecular weight is 360 g/mol. The van der Waals surface area contributed by atoms with Crippen molar-refractivity contribution in [2.24, 2.45) is 11.8 Å². The van der Waals surface area contributed by atoms with Gasteiger partial charge in [-0.25, -0.2) is 13.4 Å². The molecule has 110 valence electrons. The monoisotopic (exact) mass is 359 g/mol. The van der Waals surface area contributed by atoms with Gasteiger partial charge in [0.05, 0.1) is 0 Å². The van der Waals surface area contributed by atoms with E-state index in [1.165, 1.54) is 6.20 Å². The Balaban J connectivity index is 1.79. The largest absolute Gasteiger partial charge is 0.316 e. The van der Waals surface area contributed by atoms with Crippen molar-refractivity contribution < 1.29 is 8.42 Å². The number of halogens is 1. The summed E-state index contributed by atoms with van der Waals surface area (Å²) < 4.78 is 27.6. The van der Waals surface area contributed by atoms with Gasteiger partial charge in [0.1, 0.15) is 0 Å². The quantitative estimate of drug-likeness (QED) is 0.868. The third-order valence-corrected chi connectivity index (χ3v) is 6.51. The number of hydrogen-bond acceptors (Lipinski definition) is 4. The Kier molecular flexibility index (Phi) is 4.12. The van der Waals surface area contributed by atoms with Gasteiger partial charge in [0.15, 0.2) is 5.03 Å². The summed E-state index contributed by atoms with van der Waals surface area (Å²) >= 11 is 3.27. The molecule has 1 N–H and O–H groups in total. The van der Waals surface area contributed by atoms with Crippen LogP contribution in [0.15, 0.2) is 27.8 Å². The third-order valence-electron chi connectivity index (χ3n) is 4.26. The first-order valence-corrected chi connectivity index (χ1v) is 9.13. The second-order valence-corrected chi connectivity index (χ2v) is 8.28. The number of nitrogens with one attached hydrogen (secondary N) is 1. The zero-order valence-electron chi connectivity index (χ0n) is 11.1. The molecule has 2 atom stereocenters. The molecule has 0 bridgehead atoms. The maximum atomic E-state index is 12.6.